The fraction of sp³-hybridized carbons (Fsp3) is 0.294. The molecule has 0 aromatic heterocycles. The van der Waals surface area contributed by atoms with Gasteiger partial charge in [-0.15, -0.1) is 0 Å². The van der Waals surface area contributed by atoms with E-state index in [1.807, 2.05) is 18.2 Å². The number of hydrogen-bond acceptors (Lipinski definition) is 1. The van der Waals surface area contributed by atoms with Crippen LogP contribution < -0.4 is 0 Å². The minimum atomic E-state index is -0.321. The first-order chi connectivity index (χ1) is 8.68. The van der Waals surface area contributed by atoms with Gasteiger partial charge in [-0.2, -0.15) is 0 Å². The van der Waals surface area contributed by atoms with Crippen molar-refractivity contribution in [3.63, 3.8) is 0 Å². The van der Waals surface area contributed by atoms with E-state index in [0.29, 0.717) is 11.8 Å². The predicted octanol–water partition coefficient (Wildman–Crippen LogP) is 4.14. The van der Waals surface area contributed by atoms with Crippen LogP contribution >= 0.6 is 0 Å². The number of aliphatic hydroxyl groups excluding tert-OH is 1. The summed E-state index contributed by atoms with van der Waals surface area (Å²) in [5.41, 5.74) is 4.81. The third kappa shape index (κ3) is 1.67. The highest BCUT2D eigenvalue weighted by molar-refractivity contribution is 5.65. The zero-order valence-electron chi connectivity index (χ0n) is 10.8. The van der Waals surface area contributed by atoms with E-state index in [9.17, 15) is 5.11 Å². The topological polar surface area (TPSA) is 20.2 Å². The van der Waals surface area contributed by atoms with Crippen molar-refractivity contribution in [2.45, 2.75) is 25.9 Å². The molecule has 0 fully saturated rings. The molecule has 2 aromatic rings. The van der Waals surface area contributed by atoms with Crippen molar-refractivity contribution in [2.75, 3.05) is 0 Å². The highest BCUT2D eigenvalue weighted by atomic mass is 16.3. The molecule has 1 heteroatoms. The smallest absolute Gasteiger partial charge is 0.0824 e. The number of fused-ring (bicyclic) bond motifs is 1. The van der Waals surface area contributed by atoms with E-state index in [1.165, 1.54) is 16.7 Å². The first kappa shape index (κ1) is 11.5. The van der Waals surface area contributed by atoms with Gasteiger partial charge < -0.3 is 5.11 Å². The normalized spacial score (nSPS) is 26.1. The Morgan fingerprint density at radius 3 is 2.28 bits per heavy atom. The van der Waals surface area contributed by atoms with Gasteiger partial charge in [0.2, 0.25) is 0 Å². The van der Waals surface area contributed by atoms with Gasteiger partial charge in [-0.25, -0.2) is 0 Å². The summed E-state index contributed by atoms with van der Waals surface area (Å²) in [6.07, 6.45) is -0.321. The van der Waals surface area contributed by atoms with Crippen LogP contribution in [0, 0.1) is 5.92 Å². The fourth-order valence-corrected chi connectivity index (χ4v) is 2.90. The molecule has 0 saturated carbocycles. The molecule has 1 aliphatic rings. The lowest BCUT2D eigenvalue weighted by atomic mass is 9.95. The molecule has 1 nitrogen and oxygen atoms in total. The van der Waals surface area contributed by atoms with Gasteiger partial charge in [-0.1, -0.05) is 56.3 Å². The van der Waals surface area contributed by atoms with E-state index in [2.05, 4.69) is 44.2 Å². The van der Waals surface area contributed by atoms with Crippen molar-refractivity contribution >= 4 is 0 Å². The predicted molar refractivity (Wildman–Crippen MR) is 74.4 cm³/mol. The van der Waals surface area contributed by atoms with Crippen LogP contribution in [0.3, 0.4) is 0 Å². The minimum Gasteiger partial charge on any atom is -0.388 e. The summed E-state index contributed by atoms with van der Waals surface area (Å²) in [6.45, 7) is 4.32. The molecule has 3 unspecified atom stereocenters. The van der Waals surface area contributed by atoms with Gasteiger partial charge in [0.15, 0.2) is 0 Å². The maximum absolute atomic E-state index is 10.3. The SMILES string of the molecule is CC1c2ccc(-c3ccccc3)cc2C(O)C1C. The second kappa shape index (κ2) is 4.25. The third-order valence-electron chi connectivity index (χ3n) is 4.29. The van der Waals surface area contributed by atoms with E-state index >= 15 is 0 Å². The summed E-state index contributed by atoms with van der Waals surface area (Å²) in [5.74, 6) is 0.755. The quantitative estimate of drug-likeness (QED) is 0.791. The van der Waals surface area contributed by atoms with Crippen molar-refractivity contribution in [1.82, 2.24) is 0 Å². The molecule has 0 radical (unpaired) electrons. The van der Waals surface area contributed by atoms with Crippen LogP contribution in [0.25, 0.3) is 11.1 Å². The molecule has 3 rings (SSSR count). The average Bonchev–Trinajstić information content (AvgIpc) is 2.65. The molecule has 1 N–H and O–H groups in total. The lowest BCUT2D eigenvalue weighted by molar-refractivity contribution is 0.123. The molecule has 0 amide bonds. The molecule has 0 heterocycles. The summed E-state index contributed by atoms with van der Waals surface area (Å²) in [6, 6.07) is 16.8. The summed E-state index contributed by atoms with van der Waals surface area (Å²) in [5, 5.41) is 10.3. The first-order valence-electron chi connectivity index (χ1n) is 6.56. The Bertz CT molecular complexity index is 559. The lowest BCUT2D eigenvalue weighted by Gasteiger charge is -2.12. The van der Waals surface area contributed by atoms with Crippen LogP contribution in [0.1, 0.15) is 37.0 Å². The Morgan fingerprint density at radius 1 is 0.833 bits per heavy atom. The third-order valence-corrected chi connectivity index (χ3v) is 4.29. The van der Waals surface area contributed by atoms with E-state index < -0.39 is 0 Å². The minimum absolute atomic E-state index is 0.311. The summed E-state index contributed by atoms with van der Waals surface area (Å²) in [7, 11) is 0. The number of aliphatic hydroxyl groups is 1. The highest BCUT2D eigenvalue weighted by Gasteiger charge is 2.33. The maximum atomic E-state index is 10.3. The Labute approximate surface area is 108 Å². The molecule has 92 valence electrons. The Kier molecular flexibility index (Phi) is 2.71. The summed E-state index contributed by atoms with van der Waals surface area (Å²) in [4.78, 5) is 0. The standard InChI is InChI=1S/C17H18O/c1-11-12(2)17(18)16-10-14(8-9-15(11)16)13-6-4-3-5-7-13/h3-12,17-18H,1-2H3. The Balaban J connectivity index is 2.08. The van der Waals surface area contributed by atoms with Gasteiger partial charge in [-0.3, -0.25) is 0 Å². The summed E-state index contributed by atoms with van der Waals surface area (Å²) >= 11 is 0. The largest absolute Gasteiger partial charge is 0.388 e. The molecular weight excluding hydrogens is 220 g/mol. The van der Waals surface area contributed by atoms with Crippen molar-refractivity contribution in [1.29, 1.82) is 0 Å². The van der Waals surface area contributed by atoms with E-state index in [0.717, 1.165) is 5.56 Å². The van der Waals surface area contributed by atoms with Crippen LogP contribution in [-0.4, -0.2) is 5.11 Å². The molecule has 1 aliphatic carbocycles. The van der Waals surface area contributed by atoms with Crippen LogP contribution in [0.2, 0.25) is 0 Å². The Morgan fingerprint density at radius 2 is 1.56 bits per heavy atom. The van der Waals surface area contributed by atoms with Crippen LogP contribution in [-0.2, 0) is 0 Å². The second-order valence-corrected chi connectivity index (χ2v) is 5.30. The van der Waals surface area contributed by atoms with E-state index in [1.54, 1.807) is 0 Å². The zero-order chi connectivity index (χ0) is 12.7. The second-order valence-electron chi connectivity index (χ2n) is 5.30. The average molecular weight is 238 g/mol. The molecular formula is C17H18O. The monoisotopic (exact) mass is 238 g/mol. The van der Waals surface area contributed by atoms with Crippen molar-refractivity contribution in [2.24, 2.45) is 5.92 Å². The highest BCUT2D eigenvalue weighted by Crippen LogP contribution is 2.45. The lowest BCUT2D eigenvalue weighted by Crippen LogP contribution is -2.04. The molecule has 0 bridgehead atoms. The van der Waals surface area contributed by atoms with Crippen LogP contribution in [0.5, 0.6) is 0 Å². The zero-order valence-corrected chi connectivity index (χ0v) is 10.8. The van der Waals surface area contributed by atoms with Gasteiger partial charge in [0.25, 0.3) is 0 Å². The maximum Gasteiger partial charge on any atom is 0.0824 e. The van der Waals surface area contributed by atoms with Gasteiger partial charge in [0.05, 0.1) is 6.10 Å². The van der Waals surface area contributed by atoms with Crippen LogP contribution in [0.15, 0.2) is 48.5 Å². The number of benzene rings is 2. The summed E-state index contributed by atoms with van der Waals surface area (Å²) < 4.78 is 0. The first-order valence-corrected chi connectivity index (χ1v) is 6.56. The molecule has 3 atom stereocenters. The molecule has 18 heavy (non-hydrogen) atoms. The molecule has 0 saturated heterocycles. The van der Waals surface area contributed by atoms with Gasteiger partial charge in [0, 0.05) is 0 Å². The van der Waals surface area contributed by atoms with Gasteiger partial charge in [-0.05, 0) is 40.2 Å². The fourth-order valence-electron chi connectivity index (χ4n) is 2.90. The van der Waals surface area contributed by atoms with Crippen molar-refractivity contribution in [3.8, 4) is 11.1 Å². The van der Waals surface area contributed by atoms with Crippen molar-refractivity contribution < 1.29 is 5.11 Å². The van der Waals surface area contributed by atoms with Crippen LogP contribution in [0.4, 0.5) is 0 Å². The van der Waals surface area contributed by atoms with Crippen molar-refractivity contribution in [3.05, 3.63) is 59.7 Å². The van der Waals surface area contributed by atoms with Gasteiger partial charge in [0.1, 0.15) is 0 Å². The molecule has 0 spiro atoms. The molecule has 2 aromatic carbocycles. The van der Waals surface area contributed by atoms with E-state index in [-0.39, 0.29) is 6.10 Å². The number of rotatable bonds is 1. The van der Waals surface area contributed by atoms with E-state index in [4.69, 9.17) is 0 Å². The number of hydrogen-bond donors (Lipinski definition) is 1. The van der Waals surface area contributed by atoms with Gasteiger partial charge >= 0.3 is 0 Å². The molecule has 0 aliphatic heterocycles. The Hall–Kier alpha value is -1.60.